The van der Waals surface area contributed by atoms with E-state index < -0.39 is 0 Å². The van der Waals surface area contributed by atoms with E-state index in [-0.39, 0.29) is 24.5 Å². The van der Waals surface area contributed by atoms with Crippen molar-refractivity contribution in [2.45, 2.75) is 32.0 Å². The van der Waals surface area contributed by atoms with Gasteiger partial charge in [-0.15, -0.1) is 5.10 Å². The van der Waals surface area contributed by atoms with E-state index in [1.807, 2.05) is 29.2 Å². The van der Waals surface area contributed by atoms with Crippen LogP contribution in [0, 0.1) is 5.92 Å². The summed E-state index contributed by atoms with van der Waals surface area (Å²) >= 11 is 0. The molecule has 8 heteroatoms. The van der Waals surface area contributed by atoms with Gasteiger partial charge in [0.15, 0.2) is 0 Å². The molecule has 136 valence electrons. The molecule has 1 aromatic carbocycles. The first-order valence-corrected chi connectivity index (χ1v) is 8.81. The number of amides is 2. The number of carbonyl (C=O) groups is 2. The smallest absolute Gasteiger partial charge is 0.253 e. The SMILES string of the molecule is O=C1CCC(c2ccc(C(=O)N3CC(Cn4cc(CO)nn4)C3)cc2)N1. The molecule has 2 aromatic rings. The number of likely N-dealkylation sites (tertiary alicyclic amines) is 1. The molecule has 0 radical (unpaired) electrons. The fraction of sp³-hybridized carbons (Fsp3) is 0.444. The zero-order valence-corrected chi connectivity index (χ0v) is 14.3. The Labute approximate surface area is 150 Å². The van der Waals surface area contributed by atoms with Crippen molar-refractivity contribution in [1.29, 1.82) is 0 Å². The normalized spacial score (nSPS) is 20.1. The third-order valence-electron chi connectivity index (χ3n) is 4.99. The van der Waals surface area contributed by atoms with Crippen molar-refractivity contribution in [3.8, 4) is 0 Å². The van der Waals surface area contributed by atoms with Crippen LogP contribution >= 0.6 is 0 Å². The monoisotopic (exact) mass is 355 g/mol. The molecule has 1 aromatic heterocycles. The molecule has 2 N–H and O–H groups in total. The number of hydrogen-bond donors (Lipinski definition) is 2. The Morgan fingerprint density at radius 3 is 2.65 bits per heavy atom. The molecule has 2 aliphatic rings. The predicted molar refractivity (Wildman–Crippen MR) is 91.9 cm³/mol. The zero-order valence-electron chi connectivity index (χ0n) is 14.3. The molecule has 1 atom stereocenters. The number of nitrogens with one attached hydrogen (secondary N) is 1. The fourth-order valence-electron chi connectivity index (χ4n) is 3.52. The van der Waals surface area contributed by atoms with E-state index in [1.165, 1.54) is 0 Å². The molecular weight excluding hydrogens is 334 g/mol. The van der Waals surface area contributed by atoms with E-state index in [0.29, 0.717) is 43.2 Å². The molecule has 26 heavy (non-hydrogen) atoms. The molecule has 1 unspecified atom stereocenters. The van der Waals surface area contributed by atoms with Gasteiger partial charge in [-0.05, 0) is 24.1 Å². The largest absolute Gasteiger partial charge is 0.390 e. The van der Waals surface area contributed by atoms with Gasteiger partial charge < -0.3 is 15.3 Å². The topological polar surface area (TPSA) is 100 Å². The first-order chi connectivity index (χ1) is 12.6. The summed E-state index contributed by atoms with van der Waals surface area (Å²) in [6.45, 7) is 1.95. The highest BCUT2D eigenvalue weighted by atomic mass is 16.3. The molecule has 0 spiro atoms. The highest BCUT2D eigenvalue weighted by Gasteiger charge is 2.32. The van der Waals surface area contributed by atoms with Crippen molar-refractivity contribution in [1.82, 2.24) is 25.2 Å². The number of benzene rings is 1. The minimum Gasteiger partial charge on any atom is -0.390 e. The summed E-state index contributed by atoms with van der Waals surface area (Å²) in [7, 11) is 0. The van der Waals surface area contributed by atoms with Crippen LogP contribution in [0.25, 0.3) is 0 Å². The lowest BCUT2D eigenvalue weighted by molar-refractivity contribution is -0.119. The Bertz CT molecular complexity index is 810. The fourth-order valence-corrected chi connectivity index (χ4v) is 3.52. The quantitative estimate of drug-likeness (QED) is 0.813. The van der Waals surface area contributed by atoms with Gasteiger partial charge in [0.2, 0.25) is 5.91 Å². The van der Waals surface area contributed by atoms with Crippen LogP contribution in [0.4, 0.5) is 0 Å². The first-order valence-electron chi connectivity index (χ1n) is 8.81. The van der Waals surface area contributed by atoms with Gasteiger partial charge in [-0.1, -0.05) is 17.3 Å². The summed E-state index contributed by atoms with van der Waals surface area (Å²) in [6.07, 6.45) is 3.09. The van der Waals surface area contributed by atoms with Crippen LogP contribution in [0.15, 0.2) is 30.5 Å². The van der Waals surface area contributed by atoms with E-state index >= 15 is 0 Å². The lowest BCUT2D eigenvalue weighted by Gasteiger charge is -2.39. The summed E-state index contributed by atoms with van der Waals surface area (Å²) in [5.74, 6) is 0.457. The molecule has 4 rings (SSSR count). The number of aliphatic hydroxyl groups is 1. The Kier molecular flexibility index (Phi) is 4.42. The van der Waals surface area contributed by atoms with E-state index in [4.69, 9.17) is 5.11 Å². The lowest BCUT2D eigenvalue weighted by Crippen LogP contribution is -2.51. The van der Waals surface area contributed by atoms with Crippen LogP contribution in [0.2, 0.25) is 0 Å². The van der Waals surface area contributed by atoms with Crippen LogP contribution in [-0.4, -0.2) is 49.9 Å². The third kappa shape index (κ3) is 3.32. The Morgan fingerprint density at radius 2 is 2.04 bits per heavy atom. The molecule has 0 aliphatic carbocycles. The van der Waals surface area contributed by atoms with Crippen LogP contribution < -0.4 is 5.32 Å². The van der Waals surface area contributed by atoms with Gasteiger partial charge in [0.1, 0.15) is 5.69 Å². The second-order valence-corrected chi connectivity index (χ2v) is 6.95. The molecule has 0 bridgehead atoms. The molecule has 2 aliphatic heterocycles. The molecule has 8 nitrogen and oxygen atoms in total. The molecule has 2 saturated heterocycles. The van der Waals surface area contributed by atoms with E-state index in [0.717, 1.165) is 12.0 Å². The minimum atomic E-state index is -0.115. The van der Waals surface area contributed by atoms with Crippen molar-refractivity contribution in [2.75, 3.05) is 13.1 Å². The summed E-state index contributed by atoms with van der Waals surface area (Å²) < 4.78 is 1.71. The van der Waals surface area contributed by atoms with Gasteiger partial charge in [0.05, 0.1) is 18.8 Å². The van der Waals surface area contributed by atoms with Crippen LogP contribution in [0.5, 0.6) is 0 Å². The highest BCUT2D eigenvalue weighted by molar-refractivity contribution is 5.94. The van der Waals surface area contributed by atoms with Gasteiger partial charge >= 0.3 is 0 Å². The second kappa shape index (κ2) is 6.87. The number of rotatable bonds is 5. The van der Waals surface area contributed by atoms with E-state index in [1.54, 1.807) is 10.9 Å². The minimum absolute atomic E-state index is 0.0258. The van der Waals surface area contributed by atoms with Gasteiger partial charge in [0.25, 0.3) is 5.91 Å². The predicted octanol–water partition coefficient (Wildman–Crippen LogP) is 0.494. The summed E-state index contributed by atoms with van der Waals surface area (Å²) in [4.78, 5) is 25.7. The molecule has 2 amide bonds. The maximum absolute atomic E-state index is 12.5. The molecule has 3 heterocycles. The zero-order chi connectivity index (χ0) is 18.1. The number of nitrogens with zero attached hydrogens (tertiary/aromatic N) is 4. The second-order valence-electron chi connectivity index (χ2n) is 6.95. The summed E-state index contributed by atoms with van der Waals surface area (Å²) in [6, 6.07) is 7.58. The van der Waals surface area contributed by atoms with Crippen molar-refractivity contribution >= 4 is 11.8 Å². The number of carbonyl (C=O) groups excluding carboxylic acids is 2. The third-order valence-corrected chi connectivity index (χ3v) is 4.99. The maximum atomic E-state index is 12.5. The Balaban J connectivity index is 1.30. The maximum Gasteiger partial charge on any atom is 0.253 e. The highest BCUT2D eigenvalue weighted by Crippen LogP contribution is 2.25. The van der Waals surface area contributed by atoms with E-state index in [9.17, 15) is 9.59 Å². The standard InChI is InChI=1S/C18H21N5O3/c24-11-15-10-23(21-20-15)9-12-7-22(8-12)18(26)14-3-1-13(2-4-14)16-5-6-17(25)19-16/h1-4,10,12,16,24H,5-9,11H2,(H,19,25). The first kappa shape index (κ1) is 16.7. The van der Waals surface area contributed by atoms with Crippen LogP contribution in [0.3, 0.4) is 0 Å². The van der Waals surface area contributed by atoms with Crippen molar-refractivity contribution < 1.29 is 14.7 Å². The van der Waals surface area contributed by atoms with Gasteiger partial charge in [-0.3, -0.25) is 14.3 Å². The number of aliphatic hydroxyl groups excluding tert-OH is 1. The van der Waals surface area contributed by atoms with Crippen molar-refractivity contribution in [3.05, 3.63) is 47.3 Å². The molecular formula is C18H21N5O3. The summed E-state index contributed by atoms with van der Waals surface area (Å²) in [5.41, 5.74) is 2.26. The van der Waals surface area contributed by atoms with E-state index in [2.05, 4.69) is 15.6 Å². The summed E-state index contributed by atoms with van der Waals surface area (Å²) in [5, 5.41) is 19.8. The van der Waals surface area contributed by atoms with Crippen LogP contribution in [0.1, 0.15) is 40.5 Å². The Hall–Kier alpha value is -2.74. The van der Waals surface area contributed by atoms with Gasteiger partial charge in [0, 0.05) is 37.5 Å². The lowest BCUT2D eigenvalue weighted by atomic mass is 9.98. The average Bonchev–Trinajstić information content (AvgIpc) is 3.26. The van der Waals surface area contributed by atoms with Crippen molar-refractivity contribution in [2.24, 2.45) is 5.92 Å². The average molecular weight is 355 g/mol. The van der Waals surface area contributed by atoms with Gasteiger partial charge in [-0.2, -0.15) is 0 Å². The molecule has 0 saturated carbocycles. The van der Waals surface area contributed by atoms with Crippen molar-refractivity contribution in [3.63, 3.8) is 0 Å². The number of aromatic nitrogens is 3. The van der Waals surface area contributed by atoms with Crippen LogP contribution in [-0.2, 0) is 17.9 Å². The number of hydrogen-bond acceptors (Lipinski definition) is 5. The van der Waals surface area contributed by atoms with Gasteiger partial charge in [-0.25, -0.2) is 0 Å². The Morgan fingerprint density at radius 1 is 1.27 bits per heavy atom. The molecule has 2 fully saturated rings.